The van der Waals surface area contributed by atoms with Gasteiger partial charge in [-0.3, -0.25) is 4.79 Å². The van der Waals surface area contributed by atoms with Crippen molar-refractivity contribution >= 4 is 5.91 Å². The number of aliphatic hydroxyl groups is 1. The predicted molar refractivity (Wildman–Crippen MR) is 90.6 cm³/mol. The fourth-order valence-corrected chi connectivity index (χ4v) is 2.89. The van der Waals surface area contributed by atoms with Gasteiger partial charge in [-0.2, -0.15) is 0 Å². The van der Waals surface area contributed by atoms with E-state index in [-0.39, 0.29) is 12.0 Å². The van der Waals surface area contributed by atoms with Gasteiger partial charge in [0.05, 0.1) is 12.3 Å². The van der Waals surface area contributed by atoms with Crippen LogP contribution in [-0.4, -0.2) is 53.2 Å². The monoisotopic (exact) mass is 329 g/mol. The fourth-order valence-electron chi connectivity index (χ4n) is 2.89. The number of hydrogen-bond acceptors (Lipinski definition) is 5. The molecule has 2 N–H and O–H groups in total. The highest BCUT2D eigenvalue weighted by Gasteiger charge is 2.16. The van der Waals surface area contributed by atoms with Gasteiger partial charge in [0.2, 0.25) is 0 Å². The Bertz CT molecular complexity index is 632. The van der Waals surface area contributed by atoms with Gasteiger partial charge >= 0.3 is 0 Å². The van der Waals surface area contributed by atoms with Gasteiger partial charge < -0.3 is 19.7 Å². The summed E-state index contributed by atoms with van der Waals surface area (Å²) in [6.45, 7) is 3.50. The van der Waals surface area contributed by atoms with E-state index in [4.69, 9.17) is 4.42 Å². The summed E-state index contributed by atoms with van der Waals surface area (Å²) in [7, 11) is 0. The Labute approximate surface area is 141 Å². The van der Waals surface area contributed by atoms with E-state index in [0.29, 0.717) is 17.9 Å². The molecule has 2 heterocycles. The van der Waals surface area contributed by atoms with E-state index in [2.05, 4.69) is 15.2 Å². The third-order valence-corrected chi connectivity index (χ3v) is 4.36. The maximum atomic E-state index is 12.1. The Morgan fingerprint density at radius 2 is 2.04 bits per heavy atom. The molecule has 0 bridgehead atoms. The second-order valence-corrected chi connectivity index (χ2v) is 6.13. The van der Waals surface area contributed by atoms with Crippen LogP contribution < -0.4 is 5.32 Å². The lowest BCUT2D eigenvalue weighted by atomic mass is 10.1. The highest BCUT2D eigenvalue weighted by atomic mass is 16.3. The first-order valence-corrected chi connectivity index (χ1v) is 8.40. The minimum atomic E-state index is -0.138. The molecule has 0 radical (unpaired) electrons. The fraction of sp³-hybridized carbons (Fsp3) is 0.444. The summed E-state index contributed by atoms with van der Waals surface area (Å²) < 4.78 is 5.23. The van der Waals surface area contributed by atoms with Gasteiger partial charge in [-0.1, -0.05) is 12.1 Å². The Balaban J connectivity index is 1.40. The third-order valence-electron chi connectivity index (χ3n) is 4.36. The predicted octanol–water partition coefficient (Wildman–Crippen LogP) is 1.92. The summed E-state index contributed by atoms with van der Waals surface area (Å²) in [6, 6.07) is 7.29. The number of piperidine rings is 1. The molecule has 0 saturated carbocycles. The van der Waals surface area contributed by atoms with E-state index in [1.807, 2.05) is 12.1 Å². The SMILES string of the molecule is O=C(NCCCN1CCC(O)CC1)c1ccc(-c2cnco2)cc1. The molecule has 2 aromatic rings. The summed E-state index contributed by atoms with van der Waals surface area (Å²) in [5, 5.41) is 12.4. The first kappa shape index (κ1) is 16.7. The van der Waals surface area contributed by atoms with E-state index in [1.165, 1.54) is 6.39 Å². The zero-order valence-corrected chi connectivity index (χ0v) is 13.6. The molecule has 1 amide bonds. The molecule has 1 aliphatic rings. The van der Waals surface area contributed by atoms with Gasteiger partial charge in [-0.05, 0) is 37.9 Å². The van der Waals surface area contributed by atoms with Crippen molar-refractivity contribution in [2.24, 2.45) is 0 Å². The van der Waals surface area contributed by atoms with Crippen LogP contribution in [0.4, 0.5) is 0 Å². The number of likely N-dealkylation sites (tertiary alicyclic amines) is 1. The Hall–Kier alpha value is -2.18. The number of nitrogens with zero attached hydrogens (tertiary/aromatic N) is 2. The number of hydrogen-bond donors (Lipinski definition) is 2. The molecule has 0 spiro atoms. The molecule has 6 heteroatoms. The van der Waals surface area contributed by atoms with Crippen LogP contribution in [0.3, 0.4) is 0 Å². The minimum absolute atomic E-state index is 0.0619. The lowest BCUT2D eigenvalue weighted by Gasteiger charge is -2.29. The number of aliphatic hydroxyl groups excluding tert-OH is 1. The molecule has 6 nitrogen and oxygen atoms in total. The molecular weight excluding hydrogens is 306 g/mol. The molecule has 0 aliphatic carbocycles. The lowest BCUT2D eigenvalue weighted by molar-refractivity contribution is 0.0816. The summed E-state index contributed by atoms with van der Waals surface area (Å²) in [4.78, 5) is 18.4. The van der Waals surface area contributed by atoms with Crippen molar-refractivity contribution in [1.82, 2.24) is 15.2 Å². The standard InChI is InChI=1S/C18H23N3O3/c22-16-6-10-21(11-7-16)9-1-8-20-18(23)15-4-2-14(3-5-15)17-12-19-13-24-17/h2-5,12-13,16,22H,1,6-11H2,(H,20,23). The highest BCUT2D eigenvalue weighted by Crippen LogP contribution is 2.18. The van der Waals surface area contributed by atoms with Crippen molar-refractivity contribution in [1.29, 1.82) is 0 Å². The molecule has 128 valence electrons. The van der Waals surface area contributed by atoms with Crippen LogP contribution in [0.5, 0.6) is 0 Å². The van der Waals surface area contributed by atoms with Crippen molar-refractivity contribution in [3.63, 3.8) is 0 Å². The number of rotatable bonds is 6. The highest BCUT2D eigenvalue weighted by molar-refractivity contribution is 5.94. The van der Waals surface area contributed by atoms with Crippen LogP contribution in [0.15, 0.2) is 41.3 Å². The number of benzene rings is 1. The minimum Gasteiger partial charge on any atom is -0.444 e. The number of oxazole rings is 1. The smallest absolute Gasteiger partial charge is 0.251 e. The van der Waals surface area contributed by atoms with Crippen LogP contribution >= 0.6 is 0 Å². The van der Waals surface area contributed by atoms with Gasteiger partial charge in [0, 0.05) is 30.8 Å². The van der Waals surface area contributed by atoms with Gasteiger partial charge in [0.25, 0.3) is 5.91 Å². The first-order chi connectivity index (χ1) is 11.7. The summed E-state index contributed by atoms with van der Waals surface area (Å²) in [5.74, 6) is 0.627. The van der Waals surface area contributed by atoms with E-state index < -0.39 is 0 Å². The van der Waals surface area contributed by atoms with Crippen LogP contribution in [0.25, 0.3) is 11.3 Å². The molecular formula is C18H23N3O3. The molecule has 24 heavy (non-hydrogen) atoms. The van der Waals surface area contributed by atoms with Crippen molar-refractivity contribution < 1.29 is 14.3 Å². The maximum absolute atomic E-state index is 12.1. The Morgan fingerprint density at radius 3 is 2.71 bits per heavy atom. The zero-order chi connectivity index (χ0) is 16.8. The summed E-state index contributed by atoms with van der Waals surface area (Å²) >= 11 is 0. The molecule has 3 rings (SSSR count). The van der Waals surface area contributed by atoms with E-state index in [9.17, 15) is 9.90 Å². The normalized spacial score (nSPS) is 16.2. The third kappa shape index (κ3) is 4.43. The van der Waals surface area contributed by atoms with Crippen LogP contribution in [-0.2, 0) is 0 Å². The van der Waals surface area contributed by atoms with Gasteiger partial charge in [0.1, 0.15) is 0 Å². The molecule has 1 aromatic heterocycles. The van der Waals surface area contributed by atoms with Crippen molar-refractivity contribution in [2.45, 2.75) is 25.4 Å². The topological polar surface area (TPSA) is 78.6 Å². The van der Waals surface area contributed by atoms with Crippen LogP contribution in [0.2, 0.25) is 0 Å². The molecule has 0 unspecified atom stereocenters. The van der Waals surface area contributed by atoms with Crippen LogP contribution in [0.1, 0.15) is 29.6 Å². The number of aromatic nitrogens is 1. The molecule has 0 atom stereocenters. The van der Waals surface area contributed by atoms with E-state index in [0.717, 1.165) is 44.5 Å². The second-order valence-electron chi connectivity index (χ2n) is 6.13. The second kappa shape index (κ2) is 8.08. The number of amides is 1. The van der Waals surface area contributed by atoms with Crippen molar-refractivity contribution in [2.75, 3.05) is 26.2 Å². The Morgan fingerprint density at radius 1 is 1.29 bits per heavy atom. The van der Waals surface area contributed by atoms with Gasteiger partial charge in [-0.15, -0.1) is 0 Å². The zero-order valence-electron chi connectivity index (χ0n) is 13.6. The van der Waals surface area contributed by atoms with Gasteiger partial charge in [-0.25, -0.2) is 4.98 Å². The molecule has 1 fully saturated rings. The average molecular weight is 329 g/mol. The molecule has 1 aliphatic heterocycles. The number of carbonyl (C=O) groups excluding carboxylic acids is 1. The molecule has 1 saturated heterocycles. The summed E-state index contributed by atoms with van der Waals surface area (Å²) in [6.07, 6.45) is 5.51. The van der Waals surface area contributed by atoms with Gasteiger partial charge in [0.15, 0.2) is 12.2 Å². The summed E-state index contributed by atoms with van der Waals surface area (Å²) in [5.41, 5.74) is 1.54. The quantitative estimate of drug-likeness (QED) is 0.792. The maximum Gasteiger partial charge on any atom is 0.251 e. The van der Waals surface area contributed by atoms with Crippen molar-refractivity contribution in [3.8, 4) is 11.3 Å². The number of carbonyl (C=O) groups is 1. The average Bonchev–Trinajstić information content (AvgIpc) is 3.15. The Kier molecular flexibility index (Phi) is 5.61. The molecule has 1 aromatic carbocycles. The van der Waals surface area contributed by atoms with Crippen molar-refractivity contribution in [3.05, 3.63) is 42.4 Å². The first-order valence-electron chi connectivity index (χ1n) is 8.40. The van der Waals surface area contributed by atoms with E-state index in [1.54, 1.807) is 18.3 Å². The lowest BCUT2D eigenvalue weighted by Crippen LogP contribution is -2.37. The largest absolute Gasteiger partial charge is 0.444 e. The van der Waals surface area contributed by atoms with Crippen LogP contribution in [0, 0.1) is 0 Å². The number of nitrogens with one attached hydrogen (secondary N) is 1. The van der Waals surface area contributed by atoms with E-state index >= 15 is 0 Å².